The molecule has 0 aliphatic rings. The van der Waals surface area contributed by atoms with Gasteiger partial charge in [0.15, 0.2) is 0 Å². The molecular formula is C11H20O5. The molecule has 94 valence electrons. The predicted molar refractivity (Wildman–Crippen MR) is 57.8 cm³/mol. The van der Waals surface area contributed by atoms with Crippen LogP contribution in [0.3, 0.4) is 0 Å². The van der Waals surface area contributed by atoms with E-state index in [0.29, 0.717) is 12.7 Å². The molecular weight excluding hydrogens is 212 g/mol. The molecule has 0 fully saturated rings. The fourth-order valence-corrected chi connectivity index (χ4v) is 1.38. The number of hydrogen-bond donors (Lipinski definition) is 3. The third-order valence-corrected chi connectivity index (χ3v) is 2.92. The van der Waals surface area contributed by atoms with E-state index in [1.165, 1.54) is 0 Å². The average Bonchev–Trinajstić information content (AvgIpc) is 2.33. The van der Waals surface area contributed by atoms with Crippen LogP contribution in [-0.2, 0) is 9.59 Å². The van der Waals surface area contributed by atoms with E-state index in [2.05, 4.69) is 0 Å². The maximum Gasteiger partial charge on any atom is 0.138 e. The quantitative estimate of drug-likeness (QED) is 0.467. The summed E-state index contributed by atoms with van der Waals surface area (Å²) in [6.45, 7) is 0.637. The van der Waals surface area contributed by atoms with Crippen LogP contribution in [0.2, 0.25) is 0 Å². The highest BCUT2D eigenvalue weighted by Gasteiger charge is 2.29. The normalized spacial score (nSPS) is 13.5. The van der Waals surface area contributed by atoms with Crippen molar-refractivity contribution >= 4 is 12.1 Å². The number of hydrogen-bond acceptors (Lipinski definition) is 5. The summed E-state index contributed by atoms with van der Waals surface area (Å²) in [5, 5.41) is 26.9. The van der Waals surface area contributed by atoms with E-state index in [1.807, 2.05) is 0 Å². The molecule has 0 aromatic carbocycles. The second kappa shape index (κ2) is 7.49. The molecule has 1 atom stereocenters. The zero-order valence-corrected chi connectivity index (χ0v) is 9.56. The molecule has 0 aliphatic heterocycles. The standard InChI is InChI=1S/C11H20O5/c1-2-9(5-12)10(16)3-4-11(6-13,7-14)8-15/h6,9,12,14-15H,2-5,7-8H2,1H3. The van der Waals surface area contributed by atoms with Crippen molar-refractivity contribution in [3.8, 4) is 0 Å². The first-order valence-corrected chi connectivity index (χ1v) is 5.40. The molecule has 0 amide bonds. The SMILES string of the molecule is CCC(CO)C(=O)CCC(C=O)(CO)CO. The van der Waals surface area contributed by atoms with Crippen LogP contribution < -0.4 is 0 Å². The zero-order chi connectivity index (χ0) is 12.6. The van der Waals surface area contributed by atoms with Crippen molar-refractivity contribution in [1.29, 1.82) is 0 Å². The lowest BCUT2D eigenvalue weighted by Crippen LogP contribution is -2.33. The largest absolute Gasteiger partial charge is 0.396 e. The Labute approximate surface area is 95.1 Å². The molecule has 0 aliphatic carbocycles. The van der Waals surface area contributed by atoms with Gasteiger partial charge in [0.05, 0.1) is 25.2 Å². The summed E-state index contributed by atoms with van der Waals surface area (Å²) in [6, 6.07) is 0. The van der Waals surface area contributed by atoms with Gasteiger partial charge in [-0.05, 0) is 12.8 Å². The Morgan fingerprint density at radius 3 is 2.19 bits per heavy atom. The first-order chi connectivity index (χ1) is 7.59. The molecule has 0 spiro atoms. The van der Waals surface area contributed by atoms with E-state index in [1.54, 1.807) is 6.92 Å². The summed E-state index contributed by atoms with van der Waals surface area (Å²) in [5.74, 6) is -0.556. The molecule has 0 aromatic heterocycles. The van der Waals surface area contributed by atoms with Crippen molar-refractivity contribution in [3.63, 3.8) is 0 Å². The van der Waals surface area contributed by atoms with E-state index in [9.17, 15) is 9.59 Å². The molecule has 3 N–H and O–H groups in total. The van der Waals surface area contributed by atoms with Crippen LogP contribution in [0.15, 0.2) is 0 Å². The van der Waals surface area contributed by atoms with Crippen molar-refractivity contribution < 1.29 is 24.9 Å². The number of Topliss-reactive ketones (excluding diaryl/α,β-unsaturated/α-hetero) is 1. The third-order valence-electron chi connectivity index (χ3n) is 2.92. The van der Waals surface area contributed by atoms with E-state index in [0.717, 1.165) is 0 Å². The van der Waals surface area contributed by atoms with Gasteiger partial charge in [-0.15, -0.1) is 0 Å². The second-order valence-corrected chi connectivity index (χ2v) is 4.05. The summed E-state index contributed by atoms with van der Waals surface area (Å²) >= 11 is 0. The molecule has 5 heteroatoms. The summed E-state index contributed by atoms with van der Waals surface area (Å²) in [7, 11) is 0. The number of rotatable bonds is 9. The summed E-state index contributed by atoms with van der Waals surface area (Å²) < 4.78 is 0. The lowest BCUT2D eigenvalue weighted by molar-refractivity contribution is -0.127. The Kier molecular flexibility index (Phi) is 7.12. The first kappa shape index (κ1) is 15.2. The molecule has 0 heterocycles. The highest BCUT2D eigenvalue weighted by atomic mass is 16.3. The highest BCUT2D eigenvalue weighted by molar-refractivity contribution is 5.81. The fourth-order valence-electron chi connectivity index (χ4n) is 1.38. The van der Waals surface area contributed by atoms with Gasteiger partial charge in [0, 0.05) is 12.3 Å². The Balaban J connectivity index is 4.31. The monoisotopic (exact) mass is 232 g/mol. The Morgan fingerprint density at radius 1 is 1.31 bits per heavy atom. The smallest absolute Gasteiger partial charge is 0.138 e. The Morgan fingerprint density at radius 2 is 1.88 bits per heavy atom. The Bertz CT molecular complexity index is 218. The minimum Gasteiger partial charge on any atom is -0.396 e. The van der Waals surface area contributed by atoms with Gasteiger partial charge in [-0.25, -0.2) is 0 Å². The van der Waals surface area contributed by atoms with E-state index in [4.69, 9.17) is 15.3 Å². The minimum atomic E-state index is -1.23. The van der Waals surface area contributed by atoms with Crippen molar-refractivity contribution in [2.75, 3.05) is 19.8 Å². The molecule has 0 saturated heterocycles. The van der Waals surface area contributed by atoms with Crippen molar-refractivity contribution in [2.24, 2.45) is 11.3 Å². The minimum absolute atomic E-state index is 0.0823. The zero-order valence-electron chi connectivity index (χ0n) is 9.56. The van der Waals surface area contributed by atoms with Crippen LogP contribution in [0.5, 0.6) is 0 Å². The van der Waals surface area contributed by atoms with Gasteiger partial charge in [-0.1, -0.05) is 6.92 Å². The third kappa shape index (κ3) is 4.00. The maximum atomic E-state index is 11.6. The fraction of sp³-hybridized carbons (Fsp3) is 0.818. The van der Waals surface area contributed by atoms with Gasteiger partial charge in [0.25, 0.3) is 0 Å². The summed E-state index contributed by atoms with van der Waals surface area (Å²) in [4.78, 5) is 22.3. The average molecular weight is 232 g/mol. The lowest BCUT2D eigenvalue weighted by Gasteiger charge is -2.23. The number of ketones is 1. The lowest BCUT2D eigenvalue weighted by atomic mass is 9.84. The number of carbonyl (C=O) groups is 2. The molecule has 1 unspecified atom stereocenters. The van der Waals surface area contributed by atoms with Crippen molar-refractivity contribution in [2.45, 2.75) is 26.2 Å². The topological polar surface area (TPSA) is 94.8 Å². The molecule has 0 saturated carbocycles. The molecule has 16 heavy (non-hydrogen) atoms. The number of aliphatic hydroxyl groups is 3. The molecule has 0 radical (unpaired) electrons. The number of carbonyl (C=O) groups excluding carboxylic acids is 2. The van der Waals surface area contributed by atoms with Gasteiger partial charge in [-0.2, -0.15) is 0 Å². The van der Waals surface area contributed by atoms with Crippen LogP contribution in [0.25, 0.3) is 0 Å². The van der Waals surface area contributed by atoms with Crippen molar-refractivity contribution in [1.82, 2.24) is 0 Å². The van der Waals surface area contributed by atoms with Crippen LogP contribution in [0.4, 0.5) is 0 Å². The van der Waals surface area contributed by atoms with Crippen LogP contribution in [-0.4, -0.2) is 47.2 Å². The number of aldehydes is 1. The van der Waals surface area contributed by atoms with E-state index < -0.39 is 24.5 Å². The van der Waals surface area contributed by atoms with Gasteiger partial charge in [0.1, 0.15) is 12.1 Å². The first-order valence-electron chi connectivity index (χ1n) is 5.40. The van der Waals surface area contributed by atoms with E-state index in [-0.39, 0.29) is 25.2 Å². The van der Waals surface area contributed by atoms with Crippen molar-refractivity contribution in [3.05, 3.63) is 0 Å². The predicted octanol–water partition coefficient (Wildman–Crippen LogP) is -0.476. The second-order valence-electron chi connectivity index (χ2n) is 4.05. The van der Waals surface area contributed by atoms with Gasteiger partial charge in [-0.3, -0.25) is 4.79 Å². The Hall–Kier alpha value is -0.780. The van der Waals surface area contributed by atoms with Gasteiger partial charge in [0.2, 0.25) is 0 Å². The van der Waals surface area contributed by atoms with Crippen LogP contribution >= 0.6 is 0 Å². The number of aliphatic hydroxyl groups excluding tert-OH is 3. The molecule has 0 aromatic rings. The highest BCUT2D eigenvalue weighted by Crippen LogP contribution is 2.21. The summed E-state index contributed by atoms with van der Waals surface area (Å²) in [6.07, 6.45) is 1.22. The van der Waals surface area contributed by atoms with Gasteiger partial charge >= 0.3 is 0 Å². The maximum absolute atomic E-state index is 11.6. The van der Waals surface area contributed by atoms with E-state index >= 15 is 0 Å². The van der Waals surface area contributed by atoms with Gasteiger partial charge < -0.3 is 20.1 Å². The summed E-state index contributed by atoms with van der Waals surface area (Å²) in [5.41, 5.74) is -1.23. The molecule has 0 bridgehead atoms. The van der Waals surface area contributed by atoms with Crippen LogP contribution in [0, 0.1) is 11.3 Å². The van der Waals surface area contributed by atoms with Crippen LogP contribution in [0.1, 0.15) is 26.2 Å². The molecule has 0 rings (SSSR count). The molecule has 5 nitrogen and oxygen atoms in total.